The number of benzene rings is 1. The van der Waals surface area contributed by atoms with Crippen LogP contribution >= 0.6 is 23.2 Å². The largest absolute Gasteiger partial charge is 0.271 e. The van der Waals surface area contributed by atoms with Crippen LogP contribution in [0.15, 0.2) is 30.3 Å². The lowest BCUT2D eigenvalue weighted by atomic mass is 10.2. The number of carbonyl (C=O) groups excluding carboxylic acids is 1. The summed E-state index contributed by atoms with van der Waals surface area (Å²) in [6.07, 6.45) is 3.09. The molecule has 0 aliphatic heterocycles. The van der Waals surface area contributed by atoms with Crippen LogP contribution in [0.4, 0.5) is 0 Å². The third-order valence-corrected chi connectivity index (χ3v) is 3.15. The zero-order valence-electron chi connectivity index (χ0n) is 10.5. The first-order chi connectivity index (χ1) is 8.97. The van der Waals surface area contributed by atoms with Gasteiger partial charge in [-0.05, 0) is 43.7 Å². The van der Waals surface area contributed by atoms with Crippen LogP contribution in [0.3, 0.4) is 0 Å². The van der Waals surface area contributed by atoms with Crippen molar-refractivity contribution in [2.24, 2.45) is 0 Å². The molecule has 0 bridgehead atoms. The number of aryl methyl sites for hydroxylation is 2. The molecule has 98 valence electrons. The highest BCUT2D eigenvalue weighted by atomic mass is 35.5. The van der Waals surface area contributed by atoms with E-state index in [1.54, 1.807) is 24.3 Å². The summed E-state index contributed by atoms with van der Waals surface area (Å²) >= 11 is 11.8. The van der Waals surface area contributed by atoms with Crippen LogP contribution in [0, 0.1) is 13.8 Å². The van der Waals surface area contributed by atoms with Crippen molar-refractivity contribution in [1.82, 2.24) is 9.78 Å². The Hall–Kier alpha value is -1.58. The molecular formula is C14H12Cl2N2O. The Kier molecular flexibility index (Phi) is 4.08. The van der Waals surface area contributed by atoms with Crippen LogP contribution in [0.25, 0.3) is 6.08 Å². The summed E-state index contributed by atoms with van der Waals surface area (Å²) in [7, 11) is 0. The van der Waals surface area contributed by atoms with Crippen LogP contribution in [-0.4, -0.2) is 15.7 Å². The van der Waals surface area contributed by atoms with Gasteiger partial charge in [0.1, 0.15) is 0 Å². The highest BCUT2D eigenvalue weighted by Gasteiger charge is 2.07. The molecule has 0 radical (unpaired) electrons. The fourth-order valence-electron chi connectivity index (χ4n) is 1.72. The minimum atomic E-state index is -0.211. The second-order valence-electron chi connectivity index (χ2n) is 4.18. The van der Waals surface area contributed by atoms with Gasteiger partial charge in [-0.2, -0.15) is 5.10 Å². The Labute approximate surface area is 121 Å². The highest BCUT2D eigenvalue weighted by molar-refractivity contribution is 6.35. The predicted molar refractivity (Wildman–Crippen MR) is 77.8 cm³/mol. The second-order valence-corrected chi connectivity index (χ2v) is 5.02. The van der Waals surface area contributed by atoms with E-state index in [1.807, 2.05) is 19.9 Å². The van der Waals surface area contributed by atoms with Gasteiger partial charge in [-0.1, -0.05) is 29.3 Å². The summed E-state index contributed by atoms with van der Waals surface area (Å²) < 4.78 is 1.36. The first-order valence-corrected chi connectivity index (χ1v) is 6.43. The maximum atomic E-state index is 12.0. The number of halogens is 2. The molecule has 0 aliphatic rings. The van der Waals surface area contributed by atoms with Gasteiger partial charge in [0.25, 0.3) is 5.91 Å². The summed E-state index contributed by atoms with van der Waals surface area (Å²) in [4.78, 5) is 12.0. The van der Waals surface area contributed by atoms with Crippen LogP contribution in [0.1, 0.15) is 21.7 Å². The van der Waals surface area contributed by atoms with E-state index >= 15 is 0 Å². The lowest BCUT2D eigenvalue weighted by molar-refractivity contribution is 0.0952. The molecule has 0 amide bonds. The van der Waals surface area contributed by atoms with Gasteiger partial charge < -0.3 is 0 Å². The first kappa shape index (κ1) is 13.8. The van der Waals surface area contributed by atoms with Gasteiger partial charge >= 0.3 is 0 Å². The molecule has 1 aromatic carbocycles. The molecule has 2 aromatic rings. The highest BCUT2D eigenvalue weighted by Crippen LogP contribution is 2.22. The predicted octanol–water partition coefficient (Wildman–Crippen LogP) is 4.16. The maximum Gasteiger partial charge on any atom is 0.271 e. The normalized spacial score (nSPS) is 11.2. The number of allylic oxidation sites excluding steroid dienone is 1. The van der Waals surface area contributed by atoms with Gasteiger partial charge in [0.05, 0.1) is 5.69 Å². The minimum Gasteiger partial charge on any atom is -0.267 e. The molecule has 1 aromatic heterocycles. The van der Waals surface area contributed by atoms with Crippen LogP contribution in [0.2, 0.25) is 10.0 Å². The Morgan fingerprint density at radius 1 is 1.26 bits per heavy atom. The van der Waals surface area contributed by atoms with Crippen molar-refractivity contribution in [2.75, 3.05) is 0 Å². The van der Waals surface area contributed by atoms with E-state index in [0.717, 1.165) is 17.0 Å². The van der Waals surface area contributed by atoms with Crippen molar-refractivity contribution >= 4 is 35.2 Å². The summed E-state index contributed by atoms with van der Waals surface area (Å²) in [6.45, 7) is 3.68. The Balaban J connectivity index is 2.23. The summed E-state index contributed by atoms with van der Waals surface area (Å²) in [5.41, 5.74) is 2.35. The van der Waals surface area contributed by atoms with Crippen molar-refractivity contribution in [1.29, 1.82) is 0 Å². The lowest BCUT2D eigenvalue weighted by Crippen LogP contribution is -2.10. The number of nitrogens with zero attached hydrogens (tertiary/aromatic N) is 2. The third-order valence-electron chi connectivity index (χ3n) is 2.59. The Morgan fingerprint density at radius 3 is 2.58 bits per heavy atom. The molecule has 0 fully saturated rings. The summed E-state index contributed by atoms with van der Waals surface area (Å²) in [5.74, 6) is -0.211. The molecule has 0 atom stereocenters. The van der Waals surface area contributed by atoms with Gasteiger partial charge in [-0.15, -0.1) is 0 Å². The SMILES string of the molecule is Cc1cc(C)n(C(=O)/C=C/c2ccc(Cl)cc2Cl)n1. The topological polar surface area (TPSA) is 34.9 Å². The van der Waals surface area contributed by atoms with Crippen LogP contribution in [0.5, 0.6) is 0 Å². The number of hydrogen-bond donors (Lipinski definition) is 0. The van der Waals surface area contributed by atoms with Gasteiger partial charge in [0.15, 0.2) is 0 Å². The molecule has 1 heterocycles. The molecule has 0 saturated heterocycles. The van der Waals surface area contributed by atoms with Crippen molar-refractivity contribution in [3.05, 3.63) is 57.3 Å². The molecule has 19 heavy (non-hydrogen) atoms. The van der Waals surface area contributed by atoms with E-state index in [1.165, 1.54) is 10.8 Å². The smallest absolute Gasteiger partial charge is 0.267 e. The van der Waals surface area contributed by atoms with Crippen LogP contribution < -0.4 is 0 Å². The third kappa shape index (κ3) is 3.25. The maximum absolute atomic E-state index is 12.0. The van der Waals surface area contributed by atoms with Gasteiger partial charge in [-0.3, -0.25) is 4.79 Å². The monoisotopic (exact) mass is 294 g/mol. The Morgan fingerprint density at radius 2 is 2.00 bits per heavy atom. The quantitative estimate of drug-likeness (QED) is 0.780. The zero-order chi connectivity index (χ0) is 14.0. The van der Waals surface area contributed by atoms with Crippen molar-refractivity contribution in [3.63, 3.8) is 0 Å². The lowest BCUT2D eigenvalue weighted by Gasteiger charge is -2.00. The average Bonchev–Trinajstić information content (AvgIpc) is 2.67. The van der Waals surface area contributed by atoms with Gasteiger partial charge in [0.2, 0.25) is 0 Å². The molecule has 2 rings (SSSR count). The molecule has 0 saturated carbocycles. The first-order valence-electron chi connectivity index (χ1n) is 5.68. The van der Waals surface area contributed by atoms with E-state index < -0.39 is 0 Å². The van der Waals surface area contributed by atoms with Crippen molar-refractivity contribution in [2.45, 2.75) is 13.8 Å². The van der Waals surface area contributed by atoms with E-state index in [2.05, 4.69) is 5.10 Å². The van der Waals surface area contributed by atoms with E-state index in [4.69, 9.17) is 23.2 Å². The van der Waals surface area contributed by atoms with Crippen molar-refractivity contribution < 1.29 is 4.79 Å². The Bertz CT molecular complexity index is 659. The number of aromatic nitrogens is 2. The zero-order valence-corrected chi connectivity index (χ0v) is 12.0. The summed E-state index contributed by atoms with van der Waals surface area (Å²) in [5, 5.41) is 5.19. The molecule has 0 N–H and O–H groups in total. The second kappa shape index (κ2) is 5.59. The molecule has 0 unspecified atom stereocenters. The fourth-order valence-corrected chi connectivity index (χ4v) is 2.19. The summed E-state index contributed by atoms with van der Waals surface area (Å²) in [6, 6.07) is 6.97. The molecule has 0 aliphatic carbocycles. The van der Waals surface area contributed by atoms with E-state index in [9.17, 15) is 4.79 Å². The van der Waals surface area contributed by atoms with E-state index in [-0.39, 0.29) is 5.91 Å². The van der Waals surface area contributed by atoms with Gasteiger partial charge in [0, 0.05) is 21.8 Å². The minimum absolute atomic E-state index is 0.211. The standard InChI is InChI=1S/C14H12Cl2N2O/c1-9-7-10(2)18(17-9)14(19)6-4-11-3-5-12(15)8-13(11)16/h3-8H,1-2H3/b6-4+. The number of carbonyl (C=O) groups is 1. The molecule has 0 spiro atoms. The van der Waals surface area contributed by atoms with Crippen LogP contribution in [-0.2, 0) is 0 Å². The number of rotatable bonds is 2. The van der Waals surface area contributed by atoms with E-state index in [0.29, 0.717) is 10.0 Å². The molecular weight excluding hydrogens is 283 g/mol. The number of hydrogen-bond acceptors (Lipinski definition) is 2. The average molecular weight is 295 g/mol. The molecule has 5 heteroatoms. The fraction of sp³-hybridized carbons (Fsp3) is 0.143. The van der Waals surface area contributed by atoms with Gasteiger partial charge in [-0.25, -0.2) is 4.68 Å². The molecule has 3 nitrogen and oxygen atoms in total. The van der Waals surface area contributed by atoms with Crippen molar-refractivity contribution in [3.8, 4) is 0 Å².